The van der Waals surface area contributed by atoms with Gasteiger partial charge in [0.05, 0.1) is 7.11 Å². The summed E-state index contributed by atoms with van der Waals surface area (Å²) in [7, 11) is 3.33. The molecule has 1 heterocycles. The van der Waals surface area contributed by atoms with Crippen LogP contribution in [0.25, 0.3) is 16.8 Å². The summed E-state index contributed by atoms with van der Waals surface area (Å²) in [5, 5.41) is 14.4. The molecule has 2 atom stereocenters. The average molecular weight is 341 g/mol. The van der Waals surface area contributed by atoms with Gasteiger partial charge in [0.1, 0.15) is 11.4 Å². The summed E-state index contributed by atoms with van der Waals surface area (Å²) in [6, 6.07) is 10.6. The Bertz CT molecular complexity index is 830. The Balaban J connectivity index is 2.08. The van der Waals surface area contributed by atoms with Crippen molar-refractivity contribution in [3.05, 3.63) is 47.5 Å². The monoisotopic (exact) mass is 341 g/mol. The van der Waals surface area contributed by atoms with Crippen molar-refractivity contribution in [2.24, 2.45) is 0 Å². The van der Waals surface area contributed by atoms with Gasteiger partial charge in [-0.15, -0.1) is 0 Å². The predicted octanol–water partition coefficient (Wildman–Crippen LogP) is 3.17. The smallest absolute Gasteiger partial charge is 0.328 e. The highest BCUT2D eigenvalue weighted by Crippen LogP contribution is 2.36. The van der Waals surface area contributed by atoms with Gasteiger partial charge in [0.25, 0.3) is 0 Å². The number of hydrogen-bond acceptors (Lipinski definition) is 4. The Morgan fingerprint density at radius 3 is 2.68 bits per heavy atom. The van der Waals surface area contributed by atoms with Crippen molar-refractivity contribution in [2.45, 2.75) is 25.0 Å². The fraction of sp³-hybridized carbons (Fsp3) is 0.350. The van der Waals surface area contributed by atoms with E-state index in [4.69, 9.17) is 14.6 Å². The largest absolute Gasteiger partial charge is 0.496 e. The van der Waals surface area contributed by atoms with Crippen LogP contribution in [-0.4, -0.2) is 37.9 Å². The standard InChI is InChI=1S/C20H23NO4/c1-13-11-20(25-3,12-21-13)17-6-4-14-10-18(24-2)15(5-7-19(22)23)8-16(14)9-17/h4-10,13,21H,11-12H2,1-3H3,(H,22,23)/t13-,20-/m0/s1. The minimum absolute atomic E-state index is 0.329. The zero-order valence-electron chi connectivity index (χ0n) is 14.7. The lowest BCUT2D eigenvalue weighted by molar-refractivity contribution is -0.131. The van der Waals surface area contributed by atoms with E-state index in [1.165, 1.54) is 0 Å². The van der Waals surface area contributed by atoms with E-state index in [2.05, 4.69) is 30.4 Å². The van der Waals surface area contributed by atoms with Gasteiger partial charge in [-0.05, 0) is 54.0 Å². The zero-order valence-corrected chi connectivity index (χ0v) is 14.7. The van der Waals surface area contributed by atoms with Crippen molar-refractivity contribution in [1.82, 2.24) is 5.32 Å². The van der Waals surface area contributed by atoms with E-state index in [-0.39, 0.29) is 5.60 Å². The fourth-order valence-electron chi connectivity index (χ4n) is 3.52. The Labute approximate surface area is 147 Å². The Hall–Kier alpha value is -2.37. The molecule has 0 bridgehead atoms. The molecule has 0 radical (unpaired) electrons. The molecule has 2 aromatic carbocycles. The Kier molecular flexibility index (Phi) is 4.79. The first-order chi connectivity index (χ1) is 12.0. The summed E-state index contributed by atoms with van der Waals surface area (Å²) in [5.74, 6) is -0.337. The molecule has 132 valence electrons. The Morgan fingerprint density at radius 2 is 2.08 bits per heavy atom. The van der Waals surface area contributed by atoms with Crippen LogP contribution in [-0.2, 0) is 15.1 Å². The number of carbonyl (C=O) groups is 1. The molecular formula is C20H23NO4. The lowest BCUT2D eigenvalue weighted by atomic mass is 9.89. The molecule has 0 unspecified atom stereocenters. The molecule has 0 spiro atoms. The molecule has 1 fully saturated rings. The summed E-state index contributed by atoms with van der Waals surface area (Å²) >= 11 is 0. The van der Waals surface area contributed by atoms with Crippen LogP contribution in [0.1, 0.15) is 24.5 Å². The van der Waals surface area contributed by atoms with Crippen molar-refractivity contribution in [3.8, 4) is 5.75 Å². The first-order valence-electron chi connectivity index (χ1n) is 8.29. The highest BCUT2D eigenvalue weighted by atomic mass is 16.5. The van der Waals surface area contributed by atoms with Crippen molar-refractivity contribution < 1.29 is 19.4 Å². The summed E-state index contributed by atoms with van der Waals surface area (Å²) in [5.41, 5.74) is 1.53. The topological polar surface area (TPSA) is 67.8 Å². The van der Waals surface area contributed by atoms with Gasteiger partial charge in [0, 0.05) is 31.3 Å². The number of aliphatic carboxylic acids is 1. The third-order valence-corrected chi connectivity index (χ3v) is 4.88. The van der Waals surface area contributed by atoms with Gasteiger partial charge >= 0.3 is 5.97 Å². The maximum Gasteiger partial charge on any atom is 0.328 e. The van der Waals surface area contributed by atoms with E-state index in [0.29, 0.717) is 11.8 Å². The maximum atomic E-state index is 10.8. The lowest BCUT2D eigenvalue weighted by Gasteiger charge is -2.28. The molecule has 0 aliphatic carbocycles. The van der Waals surface area contributed by atoms with Crippen LogP contribution in [0.4, 0.5) is 0 Å². The molecule has 3 rings (SSSR count). The third kappa shape index (κ3) is 3.38. The number of benzene rings is 2. The highest BCUT2D eigenvalue weighted by Gasteiger charge is 2.39. The Morgan fingerprint density at radius 1 is 1.28 bits per heavy atom. The third-order valence-electron chi connectivity index (χ3n) is 4.88. The minimum atomic E-state index is -0.986. The first kappa shape index (κ1) is 17.5. The fourth-order valence-corrected chi connectivity index (χ4v) is 3.52. The van der Waals surface area contributed by atoms with E-state index in [1.807, 2.05) is 12.1 Å². The van der Waals surface area contributed by atoms with Crippen molar-refractivity contribution >= 4 is 22.8 Å². The normalized spacial score (nSPS) is 23.4. The van der Waals surface area contributed by atoms with Crippen molar-refractivity contribution in [1.29, 1.82) is 0 Å². The number of fused-ring (bicyclic) bond motifs is 1. The number of rotatable bonds is 5. The van der Waals surface area contributed by atoms with Crippen LogP contribution in [0.15, 0.2) is 36.4 Å². The number of hydrogen-bond donors (Lipinski definition) is 2. The van der Waals surface area contributed by atoms with Gasteiger partial charge in [0.15, 0.2) is 0 Å². The molecule has 0 aromatic heterocycles. The first-order valence-corrected chi connectivity index (χ1v) is 8.29. The van der Waals surface area contributed by atoms with Gasteiger partial charge in [-0.3, -0.25) is 0 Å². The van der Waals surface area contributed by atoms with E-state index in [1.54, 1.807) is 20.3 Å². The number of ether oxygens (including phenoxy) is 2. The minimum Gasteiger partial charge on any atom is -0.496 e. The zero-order chi connectivity index (χ0) is 18.0. The van der Waals surface area contributed by atoms with E-state index in [0.717, 1.165) is 40.9 Å². The van der Waals surface area contributed by atoms with Crippen molar-refractivity contribution in [2.75, 3.05) is 20.8 Å². The summed E-state index contributed by atoms with van der Waals surface area (Å²) < 4.78 is 11.3. The van der Waals surface area contributed by atoms with Gasteiger partial charge in [-0.25, -0.2) is 4.79 Å². The highest BCUT2D eigenvalue weighted by molar-refractivity contribution is 5.91. The molecule has 2 N–H and O–H groups in total. The number of nitrogens with one attached hydrogen (secondary N) is 1. The molecule has 1 saturated heterocycles. The van der Waals surface area contributed by atoms with Crippen LogP contribution >= 0.6 is 0 Å². The number of carboxylic acid groups (broad SMARTS) is 1. The van der Waals surface area contributed by atoms with Crippen molar-refractivity contribution in [3.63, 3.8) is 0 Å². The van der Waals surface area contributed by atoms with Crippen LogP contribution in [0.5, 0.6) is 5.75 Å². The van der Waals surface area contributed by atoms with Gasteiger partial charge < -0.3 is 19.9 Å². The van der Waals surface area contributed by atoms with Gasteiger partial charge in [-0.2, -0.15) is 0 Å². The molecule has 0 saturated carbocycles. The molecule has 25 heavy (non-hydrogen) atoms. The summed E-state index contributed by atoms with van der Waals surface area (Å²) in [6.45, 7) is 2.93. The molecule has 1 aliphatic rings. The van der Waals surface area contributed by atoms with Crippen LogP contribution in [0.2, 0.25) is 0 Å². The molecule has 5 nitrogen and oxygen atoms in total. The van der Waals surface area contributed by atoms with Crippen LogP contribution in [0.3, 0.4) is 0 Å². The van der Waals surface area contributed by atoms with Crippen LogP contribution < -0.4 is 10.1 Å². The van der Waals surface area contributed by atoms with Gasteiger partial charge in [-0.1, -0.05) is 12.1 Å². The van der Waals surface area contributed by atoms with E-state index in [9.17, 15) is 4.79 Å². The SMILES string of the molecule is COc1cc2ccc([C@@]3(OC)CN[C@@H](C)C3)cc2cc1C=CC(=O)O. The quantitative estimate of drug-likeness (QED) is 0.818. The summed E-state index contributed by atoms with van der Waals surface area (Å²) in [6.07, 6.45) is 3.59. The molecule has 0 amide bonds. The molecule has 2 aromatic rings. The maximum absolute atomic E-state index is 10.8. The number of carboxylic acids is 1. The average Bonchev–Trinajstić information content (AvgIpc) is 3.01. The molecule has 5 heteroatoms. The number of methoxy groups -OCH3 is 2. The predicted molar refractivity (Wildman–Crippen MR) is 97.9 cm³/mol. The van der Waals surface area contributed by atoms with E-state index < -0.39 is 5.97 Å². The van der Waals surface area contributed by atoms with E-state index >= 15 is 0 Å². The second kappa shape index (κ2) is 6.86. The van der Waals surface area contributed by atoms with Gasteiger partial charge in [0.2, 0.25) is 0 Å². The second-order valence-corrected chi connectivity index (χ2v) is 6.51. The molecule has 1 aliphatic heterocycles. The lowest BCUT2D eigenvalue weighted by Crippen LogP contribution is -2.30. The second-order valence-electron chi connectivity index (χ2n) is 6.51. The van der Waals surface area contributed by atoms with Crippen LogP contribution in [0, 0.1) is 0 Å². The summed E-state index contributed by atoms with van der Waals surface area (Å²) in [4.78, 5) is 10.8. The molecular weight excluding hydrogens is 318 g/mol.